The zero-order valence-corrected chi connectivity index (χ0v) is 12.2. The molecule has 0 saturated heterocycles. The average molecular weight is 307 g/mol. The van der Waals surface area contributed by atoms with Crippen molar-refractivity contribution in [2.45, 2.75) is 6.10 Å². The molecule has 1 atom stereocenters. The van der Waals surface area contributed by atoms with Crippen LogP contribution < -0.4 is 4.90 Å². The Morgan fingerprint density at radius 1 is 1.00 bits per heavy atom. The van der Waals surface area contributed by atoms with Crippen molar-refractivity contribution >= 4 is 22.4 Å². The van der Waals surface area contributed by atoms with E-state index in [1.54, 1.807) is 18.2 Å². The van der Waals surface area contributed by atoms with Crippen LogP contribution in [0.3, 0.4) is 0 Å². The fourth-order valence-electron chi connectivity index (χ4n) is 3.18. The Bertz CT molecular complexity index is 917. The Morgan fingerprint density at radius 3 is 2.52 bits per heavy atom. The molecule has 4 heteroatoms. The highest BCUT2D eigenvalue weighted by molar-refractivity contribution is 6.25. The number of nitrogens with zero attached hydrogens (tertiary/aromatic N) is 1. The maximum atomic E-state index is 13.8. The van der Waals surface area contributed by atoms with Gasteiger partial charge in [0.2, 0.25) is 0 Å². The lowest BCUT2D eigenvalue weighted by atomic mass is 10.1. The minimum atomic E-state index is -1.08. The molecule has 0 unspecified atom stereocenters. The van der Waals surface area contributed by atoms with Gasteiger partial charge in [0, 0.05) is 16.5 Å². The van der Waals surface area contributed by atoms with Gasteiger partial charge in [0.05, 0.1) is 18.3 Å². The number of aliphatic hydroxyl groups excluding tert-OH is 1. The molecule has 1 aliphatic rings. The summed E-state index contributed by atoms with van der Waals surface area (Å²) in [5, 5.41) is 12.3. The standard InChI is InChI=1S/C19H14FNO2/c20-15-9-2-1-7-13(15)17(22)11-21-16-10-4-6-12-5-3-8-14(18(12)16)19(21)23/h1-10,17,22H,11H2/t17-/m1/s1. The van der Waals surface area contributed by atoms with Crippen molar-refractivity contribution in [3.63, 3.8) is 0 Å². The second-order valence-electron chi connectivity index (χ2n) is 5.63. The van der Waals surface area contributed by atoms with E-state index in [0.717, 1.165) is 16.5 Å². The first-order valence-corrected chi connectivity index (χ1v) is 7.43. The molecule has 4 rings (SSSR count). The van der Waals surface area contributed by atoms with Crippen molar-refractivity contribution in [1.29, 1.82) is 0 Å². The number of carbonyl (C=O) groups excluding carboxylic acids is 1. The van der Waals surface area contributed by atoms with Gasteiger partial charge in [-0.3, -0.25) is 4.79 Å². The summed E-state index contributed by atoms with van der Waals surface area (Å²) in [6.45, 7) is 0.0214. The van der Waals surface area contributed by atoms with Crippen LogP contribution >= 0.6 is 0 Å². The Labute approximate surface area is 132 Å². The molecular weight excluding hydrogens is 293 g/mol. The van der Waals surface area contributed by atoms with Crippen molar-refractivity contribution in [3.8, 4) is 0 Å². The highest BCUT2D eigenvalue weighted by Crippen LogP contribution is 2.38. The Morgan fingerprint density at radius 2 is 1.74 bits per heavy atom. The molecule has 1 N–H and O–H groups in total. The molecule has 1 heterocycles. The van der Waals surface area contributed by atoms with E-state index >= 15 is 0 Å². The molecule has 0 fully saturated rings. The minimum Gasteiger partial charge on any atom is -0.386 e. The molecule has 23 heavy (non-hydrogen) atoms. The summed E-state index contributed by atoms with van der Waals surface area (Å²) in [6, 6.07) is 17.3. The molecule has 0 aliphatic carbocycles. The van der Waals surface area contributed by atoms with Crippen molar-refractivity contribution in [3.05, 3.63) is 77.6 Å². The van der Waals surface area contributed by atoms with Gasteiger partial charge in [0.25, 0.3) is 5.91 Å². The average Bonchev–Trinajstić information content (AvgIpc) is 2.83. The number of β-amino-alcohol motifs (C(OH)–C–C–N with tert-alkyl or cyclic N) is 1. The number of rotatable bonds is 3. The molecule has 114 valence electrons. The number of halogens is 1. The number of amides is 1. The summed E-state index contributed by atoms with van der Waals surface area (Å²) >= 11 is 0. The van der Waals surface area contributed by atoms with Crippen LogP contribution in [0.2, 0.25) is 0 Å². The largest absolute Gasteiger partial charge is 0.386 e. The van der Waals surface area contributed by atoms with Gasteiger partial charge in [-0.2, -0.15) is 0 Å². The maximum Gasteiger partial charge on any atom is 0.259 e. The van der Waals surface area contributed by atoms with Crippen LogP contribution in [0.4, 0.5) is 10.1 Å². The van der Waals surface area contributed by atoms with E-state index in [0.29, 0.717) is 5.56 Å². The molecule has 0 radical (unpaired) electrons. The number of aliphatic hydroxyl groups is 1. The van der Waals surface area contributed by atoms with E-state index in [-0.39, 0.29) is 18.0 Å². The van der Waals surface area contributed by atoms with Crippen LogP contribution in [-0.2, 0) is 0 Å². The summed E-state index contributed by atoms with van der Waals surface area (Å²) < 4.78 is 13.8. The highest BCUT2D eigenvalue weighted by atomic mass is 19.1. The zero-order valence-electron chi connectivity index (χ0n) is 12.2. The van der Waals surface area contributed by atoms with Crippen LogP contribution in [0.25, 0.3) is 10.8 Å². The second-order valence-corrected chi connectivity index (χ2v) is 5.63. The normalized spacial score (nSPS) is 14.5. The molecule has 3 aromatic carbocycles. The molecule has 3 nitrogen and oxygen atoms in total. The summed E-state index contributed by atoms with van der Waals surface area (Å²) in [5.41, 5.74) is 1.58. The molecule has 0 spiro atoms. The summed E-state index contributed by atoms with van der Waals surface area (Å²) in [7, 11) is 0. The predicted molar refractivity (Wildman–Crippen MR) is 87.0 cm³/mol. The molecule has 0 aromatic heterocycles. The number of carbonyl (C=O) groups is 1. The van der Waals surface area contributed by atoms with Crippen molar-refractivity contribution in [1.82, 2.24) is 0 Å². The monoisotopic (exact) mass is 307 g/mol. The van der Waals surface area contributed by atoms with Crippen LogP contribution in [0.15, 0.2) is 60.7 Å². The topological polar surface area (TPSA) is 40.5 Å². The number of benzene rings is 3. The molecule has 1 aliphatic heterocycles. The predicted octanol–water partition coefficient (Wildman–Crippen LogP) is 3.67. The lowest BCUT2D eigenvalue weighted by molar-refractivity contribution is 0.0968. The third-order valence-electron chi connectivity index (χ3n) is 4.27. The van der Waals surface area contributed by atoms with E-state index in [1.165, 1.54) is 17.0 Å². The minimum absolute atomic E-state index is 0.0214. The van der Waals surface area contributed by atoms with Gasteiger partial charge in [0.1, 0.15) is 5.82 Å². The third kappa shape index (κ3) is 2.11. The Balaban J connectivity index is 1.73. The van der Waals surface area contributed by atoms with Crippen molar-refractivity contribution in [2.24, 2.45) is 0 Å². The van der Waals surface area contributed by atoms with Gasteiger partial charge < -0.3 is 10.0 Å². The van der Waals surface area contributed by atoms with Gasteiger partial charge >= 0.3 is 0 Å². The second kappa shape index (κ2) is 5.18. The fourth-order valence-corrected chi connectivity index (χ4v) is 3.18. The van der Waals surface area contributed by atoms with E-state index in [9.17, 15) is 14.3 Å². The molecule has 1 amide bonds. The van der Waals surface area contributed by atoms with E-state index < -0.39 is 11.9 Å². The van der Waals surface area contributed by atoms with Gasteiger partial charge in [-0.05, 0) is 23.6 Å². The van der Waals surface area contributed by atoms with Gasteiger partial charge in [-0.1, -0.05) is 42.5 Å². The third-order valence-corrected chi connectivity index (χ3v) is 4.27. The first-order chi connectivity index (χ1) is 11.2. The van der Waals surface area contributed by atoms with Crippen LogP contribution in [0.1, 0.15) is 22.0 Å². The SMILES string of the molecule is O=C1c2cccc3cccc(c23)N1C[C@@H](O)c1ccccc1F. The van der Waals surface area contributed by atoms with Crippen LogP contribution in [-0.4, -0.2) is 17.6 Å². The van der Waals surface area contributed by atoms with E-state index in [2.05, 4.69) is 0 Å². The lowest BCUT2D eigenvalue weighted by Crippen LogP contribution is -2.31. The molecule has 3 aromatic rings. The lowest BCUT2D eigenvalue weighted by Gasteiger charge is -2.22. The van der Waals surface area contributed by atoms with Gasteiger partial charge in [0.15, 0.2) is 0 Å². The first-order valence-electron chi connectivity index (χ1n) is 7.43. The van der Waals surface area contributed by atoms with Crippen molar-refractivity contribution in [2.75, 3.05) is 11.4 Å². The number of anilines is 1. The highest BCUT2D eigenvalue weighted by Gasteiger charge is 2.31. The summed E-state index contributed by atoms with van der Waals surface area (Å²) in [5.74, 6) is -0.630. The zero-order chi connectivity index (χ0) is 16.0. The van der Waals surface area contributed by atoms with E-state index in [1.807, 2.05) is 30.3 Å². The van der Waals surface area contributed by atoms with Crippen molar-refractivity contribution < 1.29 is 14.3 Å². The fraction of sp³-hybridized carbons (Fsp3) is 0.105. The molecule has 0 bridgehead atoms. The van der Waals surface area contributed by atoms with Gasteiger partial charge in [-0.25, -0.2) is 4.39 Å². The van der Waals surface area contributed by atoms with Crippen LogP contribution in [0, 0.1) is 5.82 Å². The molecular formula is C19H14FNO2. The van der Waals surface area contributed by atoms with E-state index in [4.69, 9.17) is 0 Å². The maximum absolute atomic E-state index is 13.8. The molecule has 0 saturated carbocycles. The Kier molecular flexibility index (Phi) is 3.13. The first kappa shape index (κ1) is 13.9. The summed E-state index contributed by atoms with van der Waals surface area (Å²) in [4.78, 5) is 14.2. The smallest absolute Gasteiger partial charge is 0.259 e. The Hall–Kier alpha value is -2.72. The number of hydrogen-bond donors (Lipinski definition) is 1. The summed E-state index contributed by atoms with van der Waals surface area (Å²) in [6.07, 6.45) is -1.08. The van der Waals surface area contributed by atoms with Gasteiger partial charge in [-0.15, -0.1) is 0 Å². The van der Waals surface area contributed by atoms with Crippen LogP contribution in [0.5, 0.6) is 0 Å². The quantitative estimate of drug-likeness (QED) is 0.802. The number of hydrogen-bond acceptors (Lipinski definition) is 2.